The topological polar surface area (TPSA) is 61.9 Å². The molecule has 156 valence electrons. The molecule has 1 N–H and O–H groups in total. The molecule has 1 aliphatic heterocycles. The van der Waals surface area contributed by atoms with E-state index in [0.717, 1.165) is 6.07 Å². The van der Waals surface area contributed by atoms with Crippen LogP contribution >= 0.6 is 12.4 Å². The number of carbonyl (C=O) groups excluding carboxylic acids is 2. The highest BCUT2D eigenvalue weighted by Crippen LogP contribution is 2.22. The van der Waals surface area contributed by atoms with E-state index in [1.54, 1.807) is 4.90 Å². The molecule has 29 heavy (non-hydrogen) atoms. The molecule has 9 heteroatoms. The molecule has 2 amide bonds. The van der Waals surface area contributed by atoms with Crippen molar-refractivity contribution in [3.63, 3.8) is 0 Å². The Kier molecular flexibility index (Phi) is 7.92. The standard InChI is InChI=1S/C20H21F2N3O3.ClH/c1-28-19(26)14-2-3-15(18(22)12-14)13-25(17-6-4-16(21)5-7-17)20(27)24-10-8-23-9-11-24;/h2-7,12,23H,8-11,13H2,1H3;1H. The summed E-state index contributed by atoms with van der Waals surface area (Å²) in [5.41, 5.74) is 0.785. The fourth-order valence-electron chi connectivity index (χ4n) is 3.01. The molecule has 2 aromatic carbocycles. The number of urea groups is 1. The Labute approximate surface area is 173 Å². The maximum Gasteiger partial charge on any atom is 0.337 e. The minimum absolute atomic E-state index is 0. The van der Waals surface area contributed by atoms with Crippen molar-refractivity contribution in [3.05, 3.63) is 65.2 Å². The third kappa shape index (κ3) is 5.42. The second-order valence-corrected chi connectivity index (χ2v) is 6.38. The van der Waals surface area contributed by atoms with Gasteiger partial charge in [0, 0.05) is 37.4 Å². The van der Waals surface area contributed by atoms with Crippen molar-refractivity contribution >= 4 is 30.1 Å². The molecule has 0 atom stereocenters. The lowest BCUT2D eigenvalue weighted by Crippen LogP contribution is -2.51. The van der Waals surface area contributed by atoms with Gasteiger partial charge in [-0.05, 0) is 36.4 Å². The van der Waals surface area contributed by atoms with Crippen molar-refractivity contribution < 1.29 is 23.1 Å². The van der Waals surface area contributed by atoms with Gasteiger partial charge in [0.25, 0.3) is 0 Å². The zero-order chi connectivity index (χ0) is 20.1. The van der Waals surface area contributed by atoms with E-state index in [2.05, 4.69) is 10.1 Å². The van der Waals surface area contributed by atoms with Gasteiger partial charge in [-0.25, -0.2) is 18.4 Å². The van der Waals surface area contributed by atoms with Gasteiger partial charge in [0.15, 0.2) is 0 Å². The molecule has 0 spiro atoms. The van der Waals surface area contributed by atoms with Crippen LogP contribution in [0.1, 0.15) is 15.9 Å². The quantitative estimate of drug-likeness (QED) is 0.764. The highest BCUT2D eigenvalue weighted by molar-refractivity contribution is 5.92. The number of benzene rings is 2. The first-order valence-electron chi connectivity index (χ1n) is 8.89. The lowest BCUT2D eigenvalue weighted by atomic mass is 10.1. The van der Waals surface area contributed by atoms with Crippen molar-refractivity contribution in [3.8, 4) is 0 Å². The Morgan fingerprint density at radius 3 is 2.34 bits per heavy atom. The summed E-state index contributed by atoms with van der Waals surface area (Å²) >= 11 is 0. The molecule has 0 aromatic heterocycles. The van der Waals surface area contributed by atoms with Crippen LogP contribution in [-0.2, 0) is 11.3 Å². The van der Waals surface area contributed by atoms with E-state index in [-0.39, 0.29) is 36.1 Å². The molecule has 0 saturated carbocycles. The number of esters is 1. The molecule has 1 saturated heterocycles. The summed E-state index contributed by atoms with van der Waals surface area (Å²) in [5.74, 6) is -1.69. The van der Waals surface area contributed by atoms with Gasteiger partial charge in [-0.2, -0.15) is 0 Å². The molecule has 0 aliphatic carbocycles. The zero-order valence-corrected chi connectivity index (χ0v) is 16.7. The maximum absolute atomic E-state index is 14.6. The summed E-state index contributed by atoms with van der Waals surface area (Å²) in [4.78, 5) is 27.7. The minimum Gasteiger partial charge on any atom is -0.465 e. The van der Waals surface area contributed by atoms with E-state index in [1.807, 2.05) is 0 Å². The third-order valence-electron chi connectivity index (χ3n) is 4.56. The number of methoxy groups -OCH3 is 1. The Balaban J connectivity index is 0.00000300. The molecule has 0 radical (unpaired) electrons. The lowest BCUT2D eigenvalue weighted by Gasteiger charge is -2.33. The molecule has 6 nitrogen and oxygen atoms in total. The van der Waals surface area contributed by atoms with Crippen molar-refractivity contribution in [2.24, 2.45) is 0 Å². The molecule has 1 aliphatic rings. The number of ether oxygens (including phenoxy) is 1. The van der Waals surface area contributed by atoms with Crippen LogP contribution in [0.25, 0.3) is 0 Å². The second kappa shape index (κ2) is 10.2. The van der Waals surface area contributed by atoms with E-state index >= 15 is 0 Å². The van der Waals surface area contributed by atoms with Crippen LogP contribution < -0.4 is 10.2 Å². The van der Waals surface area contributed by atoms with Crippen LogP contribution in [0.3, 0.4) is 0 Å². The number of hydrogen-bond acceptors (Lipinski definition) is 4. The average molecular weight is 426 g/mol. The maximum atomic E-state index is 14.6. The number of amides is 2. The van der Waals surface area contributed by atoms with Gasteiger partial charge < -0.3 is 15.0 Å². The fraction of sp³-hybridized carbons (Fsp3) is 0.300. The number of nitrogens with one attached hydrogen (secondary N) is 1. The smallest absolute Gasteiger partial charge is 0.337 e. The summed E-state index contributed by atoms with van der Waals surface area (Å²) in [6.45, 7) is 2.35. The van der Waals surface area contributed by atoms with Gasteiger partial charge in [-0.3, -0.25) is 4.90 Å². The van der Waals surface area contributed by atoms with Crippen LogP contribution in [0.5, 0.6) is 0 Å². The summed E-state index contributed by atoms with van der Waals surface area (Å²) in [6, 6.07) is 9.16. The molecule has 0 unspecified atom stereocenters. The van der Waals surface area contributed by atoms with Crippen LogP contribution in [-0.4, -0.2) is 50.2 Å². The predicted molar refractivity (Wildman–Crippen MR) is 107 cm³/mol. The highest BCUT2D eigenvalue weighted by Gasteiger charge is 2.25. The Bertz CT molecular complexity index is 859. The minimum atomic E-state index is -0.641. The zero-order valence-electron chi connectivity index (χ0n) is 15.9. The number of nitrogens with zero attached hydrogens (tertiary/aromatic N) is 2. The second-order valence-electron chi connectivity index (χ2n) is 6.38. The van der Waals surface area contributed by atoms with E-state index in [9.17, 15) is 18.4 Å². The molecular weight excluding hydrogens is 404 g/mol. The summed E-state index contributed by atoms with van der Waals surface area (Å²) < 4.78 is 32.5. The number of hydrogen-bond donors (Lipinski definition) is 1. The normalized spacial score (nSPS) is 13.4. The molecule has 1 heterocycles. The largest absolute Gasteiger partial charge is 0.465 e. The summed E-state index contributed by atoms with van der Waals surface area (Å²) in [5, 5.41) is 3.17. The van der Waals surface area contributed by atoms with E-state index < -0.39 is 17.6 Å². The molecular formula is C20H22ClF2N3O3. The monoisotopic (exact) mass is 425 g/mol. The Morgan fingerprint density at radius 2 is 1.76 bits per heavy atom. The van der Waals surface area contributed by atoms with Gasteiger partial charge in [-0.1, -0.05) is 6.07 Å². The third-order valence-corrected chi connectivity index (χ3v) is 4.56. The van der Waals surface area contributed by atoms with Crippen molar-refractivity contribution in [1.82, 2.24) is 10.2 Å². The van der Waals surface area contributed by atoms with Gasteiger partial charge >= 0.3 is 12.0 Å². The Morgan fingerprint density at radius 1 is 1.10 bits per heavy atom. The van der Waals surface area contributed by atoms with Crippen molar-refractivity contribution in [1.29, 1.82) is 0 Å². The first-order valence-corrected chi connectivity index (χ1v) is 8.89. The number of piperazine rings is 1. The SMILES string of the molecule is COC(=O)c1ccc(CN(C(=O)N2CCNCC2)c2ccc(F)cc2)c(F)c1.Cl. The molecule has 3 rings (SSSR count). The van der Waals surface area contributed by atoms with E-state index in [4.69, 9.17) is 0 Å². The van der Waals surface area contributed by atoms with Crippen LogP contribution in [0, 0.1) is 11.6 Å². The number of anilines is 1. The number of carbonyl (C=O) groups is 2. The van der Waals surface area contributed by atoms with Crippen molar-refractivity contribution in [2.45, 2.75) is 6.54 Å². The first-order chi connectivity index (χ1) is 13.5. The molecule has 2 aromatic rings. The lowest BCUT2D eigenvalue weighted by molar-refractivity contribution is 0.0600. The van der Waals surface area contributed by atoms with E-state index in [0.29, 0.717) is 31.9 Å². The summed E-state index contributed by atoms with van der Waals surface area (Å²) in [7, 11) is 1.22. The highest BCUT2D eigenvalue weighted by atomic mass is 35.5. The predicted octanol–water partition coefficient (Wildman–Crippen LogP) is 3.21. The van der Waals surface area contributed by atoms with Gasteiger partial charge in [0.1, 0.15) is 11.6 Å². The first kappa shape index (κ1) is 22.6. The van der Waals surface area contributed by atoms with Gasteiger partial charge in [-0.15, -0.1) is 12.4 Å². The molecule has 0 bridgehead atoms. The molecule has 1 fully saturated rings. The van der Waals surface area contributed by atoms with Gasteiger partial charge in [0.05, 0.1) is 19.2 Å². The Hall–Kier alpha value is -2.71. The average Bonchev–Trinajstić information content (AvgIpc) is 2.73. The number of rotatable bonds is 4. The van der Waals surface area contributed by atoms with Crippen molar-refractivity contribution in [2.75, 3.05) is 38.2 Å². The number of halogens is 3. The van der Waals surface area contributed by atoms with Crippen LogP contribution in [0.15, 0.2) is 42.5 Å². The van der Waals surface area contributed by atoms with Gasteiger partial charge in [0.2, 0.25) is 0 Å². The fourth-order valence-corrected chi connectivity index (χ4v) is 3.01. The van der Waals surface area contributed by atoms with E-state index in [1.165, 1.54) is 48.4 Å². The van der Waals surface area contributed by atoms with Crippen LogP contribution in [0.4, 0.5) is 19.3 Å². The van der Waals surface area contributed by atoms with Crippen LogP contribution in [0.2, 0.25) is 0 Å². The summed E-state index contributed by atoms with van der Waals surface area (Å²) in [6.07, 6.45) is 0.